The molecule has 0 aliphatic carbocycles. The average Bonchev–Trinajstić information content (AvgIpc) is 2.63. The van der Waals surface area contributed by atoms with Gasteiger partial charge in [-0.1, -0.05) is 30.0 Å². The van der Waals surface area contributed by atoms with Crippen molar-refractivity contribution in [1.82, 2.24) is 15.0 Å². The maximum atomic E-state index is 5.90. The molecule has 0 unspecified atom stereocenters. The number of rotatable bonds is 3. The third kappa shape index (κ3) is 4.03. The van der Waals surface area contributed by atoms with Crippen molar-refractivity contribution in [2.24, 2.45) is 0 Å². The van der Waals surface area contributed by atoms with Crippen molar-refractivity contribution in [3.63, 3.8) is 0 Å². The number of hydrogen-bond acceptors (Lipinski definition) is 6. The molecule has 0 atom stereocenters. The lowest BCUT2D eigenvalue weighted by molar-refractivity contribution is 0.392. The van der Waals surface area contributed by atoms with E-state index < -0.39 is 0 Å². The highest BCUT2D eigenvalue weighted by molar-refractivity contribution is 5.53. The summed E-state index contributed by atoms with van der Waals surface area (Å²) in [6.07, 6.45) is 3.12. The van der Waals surface area contributed by atoms with Gasteiger partial charge in [0, 0.05) is 11.6 Å². The number of nitrogen functional groups attached to an aromatic ring is 1. The molecule has 1 aromatic carbocycles. The molecule has 0 aliphatic heterocycles. The summed E-state index contributed by atoms with van der Waals surface area (Å²) in [6, 6.07) is 11.3. The minimum atomic E-state index is 0.255. The highest BCUT2D eigenvalue weighted by Gasteiger charge is 2.10. The quantitative estimate of drug-likeness (QED) is 0.743. The zero-order valence-corrected chi connectivity index (χ0v) is 13.9. The van der Waals surface area contributed by atoms with Crippen LogP contribution in [0.5, 0.6) is 17.4 Å². The maximum absolute atomic E-state index is 5.90. The summed E-state index contributed by atoms with van der Waals surface area (Å²) < 4.78 is 11.0. The molecule has 124 valence electrons. The van der Waals surface area contributed by atoms with E-state index in [1.54, 1.807) is 19.2 Å². The SMILES string of the molecule is COc1cc(Oc2cnc(C)nc2N)c(C#Cc2ccccc2)cn1. The second-order valence-corrected chi connectivity index (χ2v) is 5.11. The van der Waals surface area contributed by atoms with Gasteiger partial charge in [-0.15, -0.1) is 0 Å². The largest absolute Gasteiger partial charge is 0.481 e. The fourth-order valence-electron chi connectivity index (χ4n) is 2.04. The second kappa shape index (κ2) is 7.32. The first kappa shape index (κ1) is 16.3. The van der Waals surface area contributed by atoms with Crippen molar-refractivity contribution in [1.29, 1.82) is 0 Å². The Morgan fingerprint density at radius 3 is 2.52 bits per heavy atom. The molecule has 2 N–H and O–H groups in total. The van der Waals surface area contributed by atoms with E-state index in [2.05, 4.69) is 26.8 Å². The van der Waals surface area contributed by atoms with Crippen LogP contribution in [0.1, 0.15) is 17.0 Å². The van der Waals surface area contributed by atoms with Crippen LogP contribution in [-0.4, -0.2) is 22.1 Å². The molecule has 25 heavy (non-hydrogen) atoms. The fraction of sp³-hybridized carbons (Fsp3) is 0.105. The molecular weight excluding hydrogens is 316 g/mol. The Bertz CT molecular complexity index is 947. The van der Waals surface area contributed by atoms with Crippen molar-refractivity contribution in [3.05, 3.63) is 65.7 Å². The van der Waals surface area contributed by atoms with Gasteiger partial charge in [0.05, 0.1) is 25.1 Å². The fourth-order valence-corrected chi connectivity index (χ4v) is 2.04. The van der Waals surface area contributed by atoms with E-state index >= 15 is 0 Å². The molecule has 0 radical (unpaired) electrons. The van der Waals surface area contributed by atoms with Gasteiger partial charge in [0.25, 0.3) is 0 Å². The van der Waals surface area contributed by atoms with E-state index in [9.17, 15) is 0 Å². The predicted octanol–water partition coefficient (Wildman–Crippen LogP) is 2.96. The summed E-state index contributed by atoms with van der Waals surface area (Å²) >= 11 is 0. The number of nitrogens with two attached hydrogens (primary N) is 1. The van der Waals surface area contributed by atoms with Crippen LogP contribution in [0.15, 0.2) is 48.8 Å². The number of benzene rings is 1. The van der Waals surface area contributed by atoms with Gasteiger partial charge in [0.1, 0.15) is 11.6 Å². The number of aryl methyl sites for hydroxylation is 1. The molecule has 6 heteroatoms. The smallest absolute Gasteiger partial charge is 0.216 e. The molecule has 3 aromatic rings. The zero-order chi connectivity index (χ0) is 17.6. The Hall–Kier alpha value is -3.59. The molecule has 0 spiro atoms. The lowest BCUT2D eigenvalue weighted by Gasteiger charge is -2.10. The highest BCUT2D eigenvalue weighted by Crippen LogP contribution is 2.29. The standard InChI is InChI=1S/C19H16N4O2/c1-13-21-12-17(19(20)23-13)25-16-10-18(24-2)22-11-15(16)9-8-14-6-4-3-5-7-14/h3-7,10-12H,1-2H3,(H2,20,21,23). The number of anilines is 1. The van der Waals surface area contributed by atoms with Gasteiger partial charge >= 0.3 is 0 Å². The van der Waals surface area contributed by atoms with Crippen molar-refractivity contribution in [2.45, 2.75) is 6.92 Å². The first-order chi connectivity index (χ1) is 12.2. The Labute approximate surface area is 145 Å². The number of hydrogen-bond donors (Lipinski definition) is 1. The molecule has 3 rings (SSSR count). The van der Waals surface area contributed by atoms with Gasteiger partial charge in [-0.3, -0.25) is 0 Å². The van der Waals surface area contributed by atoms with Crippen LogP contribution in [0, 0.1) is 18.8 Å². The van der Waals surface area contributed by atoms with Gasteiger partial charge in [-0.2, -0.15) is 0 Å². The maximum Gasteiger partial charge on any atom is 0.216 e. The lowest BCUT2D eigenvalue weighted by atomic mass is 10.2. The summed E-state index contributed by atoms with van der Waals surface area (Å²) in [5.41, 5.74) is 7.39. The Balaban J connectivity index is 1.98. The van der Waals surface area contributed by atoms with Crippen LogP contribution in [0.2, 0.25) is 0 Å². The van der Waals surface area contributed by atoms with Crippen LogP contribution < -0.4 is 15.2 Å². The Kier molecular flexibility index (Phi) is 4.77. The van der Waals surface area contributed by atoms with Crippen LogP contribution in [0.3, 0.4) is 0 Å². The van der Waals surface area contributed by atoms with E-state index in [1.807, 2.05) is 30.3 Å². The zero-order valence-electron chi connectivity index (χ0n) is 13.9. The van der Waals surface area contributed by atoms with E-state index in [4.69, 9.17) is 15.2 Å². The number of aromatic nitrogens is 3. The van der Waals surface area contributed by atoms with Gasteiger partial charge in [0.2, 0.25) is 5.88 Å². The van der Waals surface area contributed by atoms with Gasteiger partial charge in [-0.25, -0.2) is 15.0 Å². The molecule has 0 aliphatic rings. The van der Waals surface area contributed by atoms with Crippen LogP contribution >= 0.6 is 0 Å². The van der Waals surface area contributed by atoms with Crippen molar-refractivity contribution in [3.8, 4) is 29.2 Å². The molecule has 0 fully saturated rings. The van der Waals surface area contributed by atoms with Gasteiger partial charge < -0.3 is 15.2 Å². The van der Waals surface area contributed by atoms with Crippen LogP contribution in [0.4, 0.5) is 5.82 Å². The molecule has 0 saturated carbocycles. The summed E-state index contributed by atoms with van der Waals surface area (Å²) in [5.74, 6) is 8.18. The average molecular weight is 332 g/mol. The molecule has 0 amide bonds. The summed E-state index contributed by atoms with van der Waals surface area (Å²) in [6.45, 7) is 1.76. The van der Waals surface area contributed by atoms with Crippen LogP contribution in [-0.2, 0) is 0 Å². The van der Waals surface area contributed by atoms with E-state index in [-0.39, 0.29) is 5.82 Å². The molecule has 0 bridgehead atoms. The van der Waals surface area contributed by atoms with Crippen molar-refractivity contribution in [2.75, 3.05) is 12.8 Å². The molecule has 2 heterocycles. The predicted molar refractivity (Wildman–Crippen MR) is 94.5 cm³/mol. The first-order valence-electron chi connectivity index (χ1n) is 7.54. The number of nitrogens with zero attached hydrogens (tertiary/aromatic N) is 3. The number of ether oxygens (including phenoxy) is 2. The lowest BCUT2D eigenvalue weighted by Crippen LogP contribution is -2.00. The number of methoxy groups -OCH3 is 1. The first-order valence-corrected chi connectivity index (χ1v) is 7.54. The Morgan fingerprint density at radius 2 is 1.80 bits per heavy atom. The highest BCUT2D eigenvalue weighted by atomic mass is 16.5. The molecular formula is C19H16N4O2. The monoisotopic (exact) mass is 332 g/mol. The molecule has 6 nitrogen and oxygen atoms in total. The van der Waals surface area contributed by atoms with E-state index in [0.717, 1.165) is 5.56 Å². The van der Waals surface area contributed by atoms with Gasteiger partial charge in [0.15, 0.2) is 11.6 Å². The topological polar surface area (TPSA) is 83.2 Å². The Morgan fingerprint density at radius 1 is 1.00 bits per heavy atom. The summed E-state index contributed by atoms with van der Waals surface area (Å²) in [5, 5.41) is 0. The molecule has 0 saturated heterocycles. The van der Waals surface area contributed by atoms with Crippen molar-refractivity contribution >= 4 is 5.82 Å². The normalized spacial score (nSPS) is 9.84. The third-order valence-corrected chi connectivity index (χ3v) is 3.29. The van der Waals surface area contributed by atoms with E-state index in [0.29, 0.717) is 28.8 Å². The summed E-state index contributed by atoms with van der Waals surface area (Å²) in [4.78, 5) is 12.4. The minimum Gasteiger partial charge on any atom is -0.481 e. The third-order valence-electron chi connectivity index (χ3n) is 3.29. The number of pyridine rings is 1. The van der Waals surface area contributed by atoms with Crippen LogP contribution in [0.25, 0.3) is 0 Å². The van der Waals surface area contributed by atoms with Gasteiger partial charge in [-0.05, 0) is 19.1 Å². The minimum absolute atomic E-state index is 0.255. The van der Waals surface area contributed by atoms with E-state index in [1.165, 1.54) is 13.3 Å². The summed E-state index contributed by atoms with van der Waals surface area (Å²) in [7, 11) is 1.53. The molecule has 2 aromatic heterocycles. The van der Waals surface area contributed by atoms with Crippen molar-refractivity contribution < 1.29 is 9.47 Å². The second-order valence-electron chi connectivity index (χ2n) is 5.11.